The molecule has 2 amide bonds. The topological polar surface area (TPSA) is 49.4 Å². The van der Waals surface area contributed by atoms with Crippen LogP contribution in [0.4, 0.5) is 5.69 Å². The third kappa shape index (κ3) is 4.67. The van der Waals surface area contributed by atoms with Gasteiger partial charge < -0.3 is 10.2 Å². The van der Waals surface area contributed by atoms with Gasteiger partial charge in [-0.3, -0.25) is 9.59 Å². The van der Waals surface area contributed by atoms with Crippen LogP contribution in [0.25, 0.3) is 0 Å². The smallest absolute Gasteiger partial charge is 0.255 e. The summed E-state index contributed by atoms with van der Waals surface area (Å²) >= 11 is 1.51. The van der Waals surface area contributed by atoms with Crippen molar-refractivity contribution in [1.29, 1.82) is 0 Å². The molecule has 0 saturated carbocycles. The molecule has 26 heavy (non-hydrogen) atoms. The minimum atomic E-state index is -0.254. The number of anilines is 1. The van der Waals surface area contributed by atoms with E-state index in [9.17, 15) is 9.59 Å². The number of thioether (sulfide) groups is 1. The van der Waals surface area contributed by atoms with Gasteiger partial charge in [-0.2, -0.15) is 0 Å². The number of carbonyl (C=O) groups is 2. The quantitative estimate of drug-likeness (QED) is 0.794. The Labute approximate surface area is 159 Å². The van der Waals surface area contributed by atoms with Gasteiger partial charge in [0.25, 0.3) is 5.91 Å². The van der Waals surface area contributed by atoms with Gasteiger partial charge in [-0.1, -0.05) is 30.3 Å². The van der Waals surface area contributed by atoms with E-state index < -0.39 is 0 Å². The van der Waals surface area contributed by atoms with Crippen LogP contribution in [0.3, 0.4) is 0 Å². The van der Waals surface area contributed by atoms with Crippen molar-refractivity contribution in [2.75, 3.05) is 18.4 Å². The summed E-state index contributed by atoms with van der Waals surface area (Å²) in [5.74, 6) is -0.0956. The first-order valence-electron chi connectivity index (χ1n) is 9.06. The Balaban J connectivity index is 1.69. The van der Waals surface area contributed by atoms with Gasteiger partial charge >= 0.3 is 0 Å². The highest BCUT2D eigenvalue weighted by atomic mass is 32.2. The number of carbonyl (C=O) groups excluding carboxylic acids is 2. The number of benzene rings is 2. The molecule has 1 saturated heterocycles. The second kappa shape index (κ2) is 8.90. The fourth-order valence-electron chi connectivity index (χ4n) is 3.04. The number of hydrogen-bond acceptors (Lipinski definition) is 3. The van der Waals surface area contributed by atoms with E-state index in [0.29, 0.717) is 11.3 Å². The summed E-state index contributed by atoms with van der Waals surface area (Å²) in [6.07, 6.45) is 3.27. The summed E-state index contributed by atoms with van der Waals surface area (Å²) in [5, 5.41) is 2.69. The summed E-state index contributed by atoms with van der Waals surface area (Å²) in [4.78, 5) is 28.4. The zero-order valence-electron chi connectivity index (χ0n) is 15.0. The summed E-state index contributed by atoms with van der Waals surface area (Å²) in [6, 6.07) is 17.1. The van der Waals surface area contributed by atoms with Crippen molar-refractivity contribution < 1.29 is 9.59 Å². The summed E-state index contributed by atoms with van der Waals surface area (Å²) < 4.78 is 0. The molecule has 0 bridgehead atoms. The van der Waals surface area contributed by atoms with Crippen molar-refractivity contribution in [2.45, 2.75) is 36.3 Å². The number of amides is 2. The van der Waals surface area contributed by atoms with Crippen molar-refractivity contribution >= 4 is 29.3 Å². The van der Waals surface area contributed by atoms with Gasteiger partial charge in [0.05, 0.1) is 16.5 Å². The molecule has 1 unspecified atom stereocenters. The Morgan fingerprint density at radius 2 is 1.62 bits per heavy atom. The predicted octanol–water partition coefficient (Wildman–Crippen LogP) is 4.43. The van der Waals surface area contributed by atoms with Gasteiger partial charge in [0, 0.05) is 18.0 Å². The highest BCUT2D eigenvalue weighted by Gasteiger charge is 2.22. The maximum Gasteiger partial charge on any atom is 0.255 e. The lowest BCUT2D eigenvalue weighted by molar-refractivity contribution is -0.115. The lowest BCUT2D eigenvalue weighted by Crippen LogP contribution is -2.36. The van der Waals surface area contributed by atoms with Gasteiger partial charge in [0.15, 0.2) is 0 Å². The second-order valence-corrected chi connectivity index (χ2v) is 7.88. The molecule has 1 aliphatic heterocycles. The summed E-state index contributed by atoms with van der Waals surface area (Å²) in [5.41, 5.74) is 1.16. The van der Waals surface area contributed by atoms with Crippen LogP contribution in [0.5, 0.6) is 0 Å². The van der Waals surface area contributed by atoms with Crippen LogP contribution >= 0.6 is 11.8 Å². The zero-order chi connectivity index (χ0) is 18.4. The SMILES string of the molecule is CC(Sc1ccccc1)C(=O)Nc1ccccc1C(=O)N1CCCCC1. The number of likely N-dealkylation sites (tertiary alicyclic amines) is 1. The van der Waals surface area contributed by atoms with E-state index in [1.165, 1.54) is 18.2 Å². The Hall–Kier alpha value is -2.27. The molecule has 1 aliphatic rings. The number of hydrogen-bond donors (Lipinski definition) is 1. The highest BCUT2D eigenvalue weighted by molar-refractivity contribution is 8.00. The van der Waals surface area contributed by atoms with Crippen molar-refractivity contribution in [1.82, 2.24) is 4.90 Å². The molecule has 1 N–H and O–H groups in total. The first-order valence-corrected chi connectivity index (χ1v) is 9.94. The van der Waals surface area contributed by atoms with Gasteiger partial charge in [0.1, 0.15) is 0 Å². The molecule has 0 aliphatic carbocycles. The van der Waals surface area contributed by atoms with Gasteiger partial charge in [0.2, 0.25) is 5.91 Å². The fraction of sp³-hybridized carbons (Fsp3) is 0.333. The molecule has 0 radical (unpaired) electrons. The largest absolute Gasteiger partial charge is 0.339 e. The molecule has 3 rings (SSSR count). The standard InChI is InChI=1S/C21H24N2O2S/c1-16(26-17-10-4-2-5-11-17)20(24)22-19-13-7-6-12-18(19)21(25)23-14-8-3-9-15-23/h2,4-7,10-13,16H,3,8-9,14-15H2,1H3,(H,22,24). The molecule has 0 spiro atoms. The molecular formula is C21H24N2O2S. The van der Waals surface area contributed by atoms with Gasteiger partial charge in [-0.15, -0.1) is 11.8 Å². The summed E-state index contributed by atoms with van der Waals surface area (Å²) in [7, 11) is 0. The second-order valence-electron chi connectivity index (χ2n) is 6.46. The molecule has 1 fully saturated rings. The fourth-order valence-corrected chi connectivity index (χ4v) is 3.93. The van der Waals surface area contributed by atoms with Crippen LogP contribution in [-0.2, 0) is 4.79 Å². The van der Waals surface area contributed by atoms with Crippen LogP contribution in [0.2, 0.25) is 0 Å². The molecule has 136 valence electrons. The van der Waals surface area contributed by atoms with E-state index in [0.717, 1.165) is 30.8 Å². The average Bonchev–Trinajstić information content (AvgIpc) is 2.69. The molecular weight excluding hydrogens is 344 g/mol. The minimum Gasteiger partial charge on any atom is -0.339 e. The molecule has 4 nitrogen and oxygen atoms in total. The molecule has 2 aromatic carbocycles. The van der Waals surface area contributed by atoms with E-state index in [1.54, 1.807) is 12.1 Å². The molecule has 0 aromatic heterocycles. The number of rotatable bonds is 5. The van der Waals surface area contributed by atoms with Crippen LogP contribution in [-0.4, -0.2) is 35.1 Å². The number of piperidine rings is 1. The van der Waals surface area contributed by atoms with Gasteiger partial charge in [-0.25, -0.2) is 0 Å². The van der Waals surface area contributed by atoms with E-state index in [1.807, 2.05) is 54.3 Å². The summed E-state index contributed by atoms with van der Waals surface area (Å²) in [6.45, 7) is 3.46. The Morgan fingerprint density at radius 1 is 0.962 bits per heavy atom. The maximum absolute atomic E-state index is 12.8. The average molecular weight is 369 g/mol. The zero-order valence-corrected chi connectivity index (χ0v) is 15.8. The maximum atomic E-state index is 12.8. The Morgan fingerprint density at radius 3 is 2.35 bits per heavy atom. The lowest BCUT2D eigenvalue weighted by atomic mass is 10.1. The molecule has 2 aromatic rings. The molecule has 1 atom stereocenters. The minimum absolute atomic E-state index is 0.00367. The van der Waals surface area contributed by atoms with Crippen molar-refractivity contribution in [3.05, 3.63) is 60.2 Å². The van der Waals surface area contributed by atoms with Crippen molar-refractivity contribution in [3.63, 3.8) is 0 Å². The third-order valence-corrected chi connectivity index (χ3v) is 5.60. The first kappa shape index (κ1) is 18.5. The van der Waals surface area contributed by atoms with E-state index in [-0.39, 0.29) is 17.1 Å². The normalized spacial score (nSPS) is 15.3. The molecule has 1 heterocycles. The Bertz CT molecular complexity index is 758. The highest BCUT2D eigenvalue weighted by Crippen LogP contribution is 2.25. The van der Waals surface area contributed by atoms with Crippen LogP contribution in [0.1, 0.15) is 36.5 Å². The predicted molar refractivity (Wildman–Crippen MR) is 107 cm³/mol. The number of nitrogens with zero attached hydrogens (tertiary/aromatic N) is 1. The van der Waals surface area contributed by atoms with E-state index >= 15 is 0 Å². The van der Waals surface area contributed by atoms with E-state index in [2.05, 4.69) is 5.32 Å². The van der Waals surface area contributed by atoms with Crippen LogP contribution < -0.4 is 5.32 Å². The van der Waals surface area contributed by atoms with Gasteiger partial charge in [-0.05, 0) is 50.5 Å². The molecule has 5 heteroatoms. The monoisotopic (exact) mass is 368 g/mol. The van der Waals surface area contributed by atoms with E-state index in [4.69, 9.17) is 0 Å². The first-order chi connectivity index (χ1) is 12.6. The van der Waals surface area contributed by atoms with Crippen LogP contribution in [0, 0.1) is 0 Å². The Kier molecular flexibility index (Phi) is 6.34. The van der Waals surface area contributed by atoms with Crippen molar-refractivity contribution in [2.24, 2.45) is 0 Å². The van der Waals surface area contributed by atoms with Crippen molar-refractivity contribution in [3.8, 4) is 0 Å². The van der Waals surface area contributed by atoms with Crippen LogP contribution in [0.15, 0.2) is 59.5 Å². The lowest BCUT2D eigenvalue weighted by Gasteiger charge is -2.27. The number of nitrogens with one attached hydrogen (secondary N) is 1. The third-order valence-electron chi connectivity index (χ3n) is 4.48. The number of para-hydroxylation sites is 1.